The zero-order chi connectivity index (χ0) is 27.3. The van der Waals surface area contributed by atoms with Crippen LogP contribution in [0.25, 0.3) is 0 Å². The number of carbonyl (C=O) groups is 3. The van der Waals surface area contributed by atoms with E-state index < -0.39 is 0 Å². The van der Waals surface area contributed by atoms with Crippen molar-refractivity contribution in [2.75, 3.05) is 43.6 Å². The van der Waals surface area contributed by atoms with E-state index in [0.29, 0.717) is 43.2 Å². The third-order valence-electron chi connectivity index (χ3n) is 8.32. The summed E-state index contributed by atoms with van der Waals surface area (Å²) in [6, 6.07) is 11.3. The number of fused-ring (bicyclic) bond motifs is 1. The lowest BCUT2D eigenvalue weighted by Gasteiger charge is -2.47. The third-order valence-corrected chi connectivity index (χ3v) is 9.80. The minimum Gasteiger partial charge on any atom is -0.454 e. The third kappa shape index (κ3) is 4.89. The van der Waals surface area contributed by atoms with Crippen LogP contribution in [0.2, 0.25) is 5.02 Å². The number of thioether (sulfide) groups is 1. The van der Waals surface area contributed by atoms with Gasteiger partial charge in [-0.2, -0.15) is 0 Å². The highest BCUT2D eigenvalue weighted by atomic mass is 35.5. The van der Waals surface area contributed by atoms with Crippen LogP contribution < -0.4 is 19.7 Å². The number of carbonyl (C=O) groups excluding carboxylic acids is 3. The molecular formula is C28H31ClN4O5S. The van der Waals surface area contributed by atoms with Crippen molar-refractivity contribution in [3.05, 3.63) is 47.0 Å². The number of ether oxygens (including phenoxy) is 2. The first-order chi connectivity index (χ1) is 18.7. The van der Waals surface area contributed by atoms with E-state index in [1.807, 2.05) is 29.2 Å². The highest BCUT2D eigenvalue weighted by Gasteiger charge is 2.49. The zero-order valence-corrected chi connectivity index (χ0v) is 23.5. The molecule has 3 saturated heterocycles. The van der Waals surface area contributed by atoms with Crippen molar-refractivity contribution in [3.63, 3.8) is 0 Å². The Balaban J connectivity index is 1.05. The molecule has 0 saturated carbocycles. The Hall–Kier alpha value is -3.11. The lowest BCUT2D eigenvalue weighted by molar-refractivity contribution is -0.137. The largest absolute Gasteiger partial charge is 0.454 e. The van der Waals surface area contributed by atoms with Gasteiger partial charge < -0.3 is 29.5 Å². The summed E-state index contributed by atoms with van der Waals surface area (Å²) in [4.78, 5) is 44.4. The van der Waals surface area contributed by atoms with E-state index in [-0.39, 0.29) is 47.9 Å². The summed E-state index contributed by atoms with van der Waals surface area (Å²) in [7, 11) is 0. The van der Waals surface area contributed by atoms with Crippen molar-refractivity contribution in [3.8, 4) is 11.5 Å². The molecule has 2 atom stereocenters. The van der Waals surface area contributed by atoms with Gasteiger partial charge in [-0.3, -0.25) is 14.4 Å². The number of benzene rings is 2. The van der Waals surface area contributed by atoms with Gasteiger partial charge in [-0.25, -0.2) is 0 Å². The summed E-state index contributed by atoms with van der Waals surface area (Å²) in [5.74, 6) is 1.78. The second-order valence-corrected chi connectivity index (χ2v) is 12.1. The Bertz CT molecular complexity index is 1330. The molecule has 6 rings (SSSR count). The van der Waals surface area contributed by atoms with Gasteiger partial charge >= 0.3 is 0 Å². The predicted molar refractivity (Wildman–Crippen MR) is 149 cm³/mol. The molecule has 2 aromatic rings. The van der Waals surface area contributed by atoms with Gasteiger partial charge in [-0.1, -0.05) is 11.6 Å². The standard InChI is InChI=1S/C28H31ClN4O5S/c1-17-18(2)33(10-9-32(17)20-4-5-22-23(12-20)38-16-37-22)27(36)19-3-6-24(21(29)11-19)39-13-26(35)31-14-28(15-31)8-7-25(34)30-28/h3-6,11-12,17-18H,7-10,13-16H2,1-2H3,(H,30,34)/t17-,18-/m0/s1. The fourth-order valence-corrected chi connectivity index (χ4v) is 7.04. The SMILES string of the molecule is C[C@H]1[C@H](C)N(c2ccc3c(c2)OCO3)CCN1C(=O)c1ccc(SCC(=O)N2CC3(CCC(=O)N3)C2)c(Cl)c1. The van der Waals surface area contributed by atoms with E-state index in [1.165, 1.54) is 11.8 Å². The summed E-state index contributed by atoms with van der Waals surface area (Å²) < 4.78 is 11.0. The summed E-state index contributed by atoms with van der Waals surface area (Å²) in [6.07, 6.45) is 1.32. The monoisotopic (exact) mass is 570 g/mol. The number of hydrogen-bond acceptors (Lipinski definition) is 7. The van der Waals surface area contributed by atoms with E-state index in [4.69, 9.17) is 21.1 Å². The van der Waals surface area contributed by atoms with Gasteiger partial charge in [0, 0.05) is 66.9 Å². The summed E-state index contributed by atoms with van der Waals surface area (Å²) in [5, 5.41) is 3.45. The fourth-order valence-electron chi connectivity index (χ4n) is 5.88. The van der Waals surface area contributed by atoms with Crippen molar-refractivity contribution in [1.82, 2.24) is 15.1 Å². The molecule has 1 spiro atoms. The maximum Gasteiger partial charge on any atom is 0.254 e. The van der Waals surface area contributed by atoms with Crippen molar-refractivity contribution in [2.45, 2.75) is 49.2 Å². The van der Waals surface area contributed by atoms with Crippen LogP contribution in [-0.4, -0.2) is 83.9 Å². The molecule has 4 aliphatic rings. The van der Waals surface area contributed by atoms with Crippen LogP contribution in [0.1, 0.15) is 37.0 Å². The summed E-state index contributed by atoms with van der Waals surface area (Å²) in [6.45, 7) is 6.84. The maximum absolute atomic E-state index is 13.5. The maximum atomic E-state index is 13.5. The number of rotatable bonds is 5. The number of halogens is 1. The van der Waals surface area contributed by atoms with Gasteiger partial charge in [0.15, 0.2) is 11.5 Å². The van der Waals surface area contributed by atoms with E-state index >= 15 is 0 Å². The lowest BCUT2D eigenvalue weighted by atomic mass is 9.88. The number of amides is 3. The van der Waals surface area contributed by atoms with Gasteiger partial charge in [0.25, 0.3) is 5.91 Å². The van der Waals surface area contributed by atoms with Gasteiger partial charge in [0.2, 0.25) is 18.6 Å². The highest BCUT2D eigenvalue weighted by Crippen LogP contribution is 2.37. The smallest absolute Gasteiger partial charge is 0.254 e. The van der Waals surface area contributed by atoms with Gasteiger partial charge in [0.05, 0.1) is 16.3 Å². The molecule has 206 valence electrons. The second kappa shape index (κ2) is 10.1. The predicted octanol–water partition coefficient (Wildman–Crippen LogP) is 3.39. The first-order valence-electron chi connectivity index (χ1n) is 13.2. The number of nitrogens with zero attached hydrogens (tertiary/aromatic N) is 3. The molecule has 3 fully saturated rings. The average molecular weight is 571 g/mol. The molecular weight excluding hydrogens is 540 g/mol. The Morgan fingerprint density at radius 1 is 1.08 bits per heavy atom. The molecule has 11 heteroatoms. The second-order valence-electron chi connectivity index (χ2n) is 10.7. The number of piperazine rings is 1. The quantitative estimate of drug-likeness (QED) is 0.551. The van der Waals surface area contributed by atoms with Gasteiger partial charge in [-0.05, 0) is 50.6 Å². The summed E-state index contributed by atoms with van der Waals surface area (Å²) >= 11 is 7.92. The zero-order valence-electron chi connectivity index (χ0n) is 21.9. The number of anilines is 1. The number of hydrogen-bond donors (Lipinski definition) is 1. The minimum absolute atomic E-state index is 0.0196. The van der Waals surface area contributed by atoms with Gasteiger partial charge in [-0.15, -0.1) is 11.8 Å². The normalized spacial score (nSPS) is 23.2. The van der Waals surface area contributed by atoms with Crippen molar-refractivity contribution in [2.24, 2.45) is 0 Å². The molecule has 9 nitrogen and oxygen atoms in total. The Morgan fingerprint density at radius 2 is 1.87 bits per heavy atom. The molecule has 0 bridgehead atoms. The molecule has 2 aromatic carbocycles. The molecule has 0 aromatic heterocycles. The van der Waals surface area contributed by atoms with Crippen LogP contribution in [0.5, 0.6) is 11.5 Å². The van der Waals surface area contributed by atoms with Crippen molar-refractivity contribution >= 4 is 46.8 Å². The number of likely N-dealkylation sites (tertiary alicyclic amines) is 1. The Labute approximate surface area is 236 Å². The van der Waals surface area contributed by atoms with E-state index in [9.17, 15) is 14.4 Å². The topological polar surface area (TPSA) is 91.4 Å². The van der Waals surface area contributed by atoms with Crippen LogP contribution in [-0.2, 0) is 9.59 Å². The molecule has 0 unspecified atom stereocenters. The summed E-state index contributed by atoms with van der Waals surface area (Å²) in [5.41, 5.74) is 1.36. The minimum atomic E-state index is -0.221. The highest BCUT2D eigenvalue weighted by molar-refractivity contribution is 8.00. The molecule has 4 heterocycles. The van der Waals surface area contributed by atoms with Crippen molar-refractivity contribution < 1.29 is 23.9 Å². The molecule has 4 aliphatic heterocycles. The van der Waals surface area contributed by atoms with Crippen molar-refractivity contribution in [1.29, 1.82) is 0 Å². The van der Waals surface area contributed by atoms with Crippen LogP contribution in [0.3, 0.4) is 0 Å². The Kier molecular flexibility index (Phi) is 6.79. The van der Waals surface area contributed by atoms with Crippen LogP contribution in [0, 0.1) is 0 Å². The first kappa shape index (κ1) is 26.1. The van der Waals surface area contributed by atoms with E-state index in [1.54, 1.807) is 17.0 Å². The van der Waals surface area contributed by atoms with E-state index in [0.717, 1.165) is 28.5 Å². The first-order valence-corrected chi connectivity index (χ1v) is 14.6. The van der Waals surface area contributed by atoms with Crippen LogP contribution >= 0.6 is 23.4 Å². The molecule has 1 N–H and O–H groups in total. The number of nitrogens with one attached hydrogen (secondary N) is 1. The molecule has 0 radical (unpaired) electrons. The van der Waals surface area contributed by atoms with Crippen LogP contribution in [0.4, 0.5) is 5.69 Å². The molecule has 3 amide bonds. The average Bonchev–Trinajstić information content (AvgIpc) is 3.54. The van der Waals surface area contributed by atoms with Gasteiger partial charge in [0.1, 0.15) is 0 Å². The fraction of sp³-hybridized carbons (Fsp3) is 0.464. The van der Waals surface area contributed by atoms with E-state index in [2.05, 4.69) is 24.1 Å². The molecule has 0 aliphatic carbocycles. The Morgan fingerprint density at radius 3 is 2.62 bits per heavy atom. The lowest BCUT2D eigenvalue weighted by Crippen LogP contribution is -2.68. The molecule has 39 heavy (non-hydrogen) atoms. The van der Waals surface area contributed by atoms with Crippen LogP contribution in [0.15, 0.2) is 41.3 Å².